The van der Waals surface area contributed by atoms with E-state index in [1.807, 2.05) is 13.8 Å². The Morgan fingerprint density at radius 1 is 0.895 bits per heavy atom. The number of halogens is 2. The fourth-order valence-corrected chi connectivity index (χ4v) is 5.69. The van der Waals surface area contributed by atoms with E-state index in [1.165, 1.54) is 29.2 Å². The molecule has 202 valence electrons. The molecule has 0 saturated heterocycles. The number of rotatable bonds is 12. The number of nitrogens with zero attached hydrogens (tertiary/aromatic N) is 2. The minimum Gasteiger partial charge on any atom is -0.354 e. The van der Waals surface area contributed by atoms with Gasteiger partial charge in [-0.2, -0.15) is 0 Å². The topological polar surface area (TPSA) is 86.8 Å². The maximum absolute atomic E-state index is 13.9. The number of carbonyl (C=O) groups excluding carboxylic acids is 2. The predicted molar refractivity (Wildman–Crippen MR) is 152 cm³/mol. The Morgan fingerprint density at radius 2 is 1.53 bits per heavy atom. The van der Waals surface area contributed by atoms with E-state index in [4.69, 9.17) is 23.2 Å². The first-order valence-electron chi connectivity index (χ1n) is 12.3. The average Bonchev–Trinajstić information content (AvgIpc) is 2.92. The third-order valence-electron chi connectivity index (χ3n) is 5.96. The van der Waals surface area contributed by atoms with Crippen LogP contribution in [0.4, 0.5) is 5.69 Å². The number of amides is 2. The van der Waals surface area contributed by atoms with E-state index in [0.29, 0.717) is 34.3 Å². The Balaban J connectivity index is 2.03. The van der Waals surface area contributed by atoms with Crippen LogP contribution in [0.3, 0.4) is 0 Å². The van der Waals surface area contributed by atoms with E-state index >= 15 is 0 Å². The first kappa shape index (κ1) is 29.5. The van der Waals surface area contributed by atoms with Crippen molar-refractivity contribution in [1.82, 2.24) is 10.2 Å². The van der Waals surface area contributed by atoms with Crippen LogP contribution in [0.1, 0.15) is 32.3 Å². The number of carbonyl (C=O) groups is 2. The first-order chi connectivity index (χ1) is 18.2. The van der Waals surface area contributed by atoms with Crippen LogP contribution in [-0.2, 0) is 26.2 Å². The molecule has 3 aromatic rings. The number of hydrogen-bond acceptors (Lipinski definition) is 4. The van der Waals surface area contributed by atoms with Crippen molar-refractivity contribution in [3.8, 4) is 0 Å². The lowest BCUT2D eigenvalue weighted by atomic mass is 10.1. The van der Waals surface area contributed by atoms with Crippen molar-refractivity contribution >= 4 is 50.7 Å². The molecule has 0 aliphatic carbocycles. The second kappa shape index (κ2) is 13.6. The molecule has 1 N–H and O–H groups in total. The molecule has 38 heavy (non-hydrogen) atoms. The molecule has 3 aromatic carbocycles. The van der Waals surface area contributed by atoms with Gasteiger partial charge in [-0.3, -0.25) is 13.9 Å². The SMILES string of the molecule is CCCNC(=O)[C@@H](CC)N(Cc1ccccc1Cl)C(=O)CN(c1ccccc1)S(=O)(=O)c1ccc(Cl)cc1. The lowest BCUT2D eigenvalue weighted by molar-refractivity contribution is -0.140. The van der Waals surface area contributed by atoms with Crippen molar-refractivity contribution in [2.24, 2.45) is 0 Å². The Kier molecular flexibility index (Phi) is 10.6. The predicted octanol–water partition coefficient (Wildman–Crippen LogP) is 5.52. The quantitative estimate of drug-likeness (QED) is 0.308. The molecule has 0 radical (unpaired) electrons. The van der Waals surface area contributed by atoms with Gasteiger partial charge >= 0.3 is 0 Å². The molecular formula is C28H31Cl2N3O4S. The molecule has 0 heterocycles. The molecule has 0 saturated carbocycles. The maximum Gasteiger partial charge on any atom is 0.264 e. The molecule has 0 unspecified atom stereocenters. The van der Waals surface area contributed by atoms with Crippen LogP contribution >= 0.6 is 23.2 Å². The summed E-state index contributed by atoms with van der Waals surface area (Å²) < 4.78 is 28.5. The third kappa shape index (κ3) is 7.28. The Bertz CT molecular complexity index is 1340. The average molecular weight is 577 g/mol. The van der Waals surface area contributed by atoms with Crippen LogP contribution in [0.25, 0.3) is 0 Å². The highest BCUT2D eigenvalue weighted by Crippen LogP contribution is 2.26. The van der Waals surface area contributed by atoms with Gasteiger partial charge in [-0.05, 0) is 60.9 Å². The fraction of sp³-hybridized carbons (Fsp3) is 0.286. The number of hydrogen-bond donors (Lipinski definition) is 1. The summed E-state index contributed by atoms with van der Waals surface area (Å²) in [5, 5.41) is 3.69. The van der Waals surface area contributed by atoms with Gasteiger partial charge in [-0.1, -0.05) is 73.4 Å². The van der Waals surface area contributed by atoms with Crippen LogP contribution in [0.15, 0.2) is 83.8 Å². The summed E-state index contributed by atoms with van der Waals surface area (Å²) in [4.78, 5) is 28.4. The van der Waals surface area contributed by atoms with Crippen LogP contribution < -0.4 is 9.62 Å². The number of benzene rings is 3. The van der Waals surface area contributed by atoms with Crippen LogP contribution in [0.5, 0.6) is 0 Å². The summed E-state index contributed by atoms with van der Waals surface area (Å²) in [6, 6.07) is 20.4. The molecule has 0 bridgehead atoms. The highest BCUT2D eigenvalue weighted by Gasteiger charge is 2.33. The largest absolute Gasteiger partial charge is 0.354 e. The minimum atomic E-state index is -4.15. The molecular weight excluding hydrogens is 545 g/mol. The summed E-state index contributed by atoms with van der Waals surface area (Å²) >= 11 is 12.4. The monoisotopic (exact) mass is 575 g/mol. The molecule has 0 spiro atoms. The lowest BCUT2D eigenvalue weighted by Gasteiger charge is -2.33. The fourth-order valence-electron chi connectivity index (χ4n) is 3.95. The van der Waals surface area contributed by atoms with Crippen LogP contribution in [0, 0.1) is 0 Å². The smallest absolute Gasteiger partial charge is 0.264 e. The third-order valence-corrected chi connectivity index (χ3v) is 8.37. The second-order valence-corrected chi connectivity index (χ2v) is 11.3. The molecule has 7 nitrogen and oxygen atoms in total. The Morgan fingerprint density at radius 3 is 2.13 bits per heavy atom. The van der Waals surface area contributed by atoms with Gasteiger partial charge in [0.25, 0.3) is 10.0 Å². The van der Waals surface area contributed by atoms with Gasteiger partial charge in [0.2, 0.25) is 11.8 Å². The van der Waals surface area contributed by atoms with Crippen molar-refractivity contribution in [3.05, 3.63) is 94.5 Å². The van der Waals surface area contributed by atoms with Crippen molar-refractivity contribution in [3.63, 3.8) is 0 Å². The zero-order valence-electron chi connectivity index (χ0n) is 21.3. The molecule has 0 fully saturated rings. The standard InChI is InChI=1S/C28H31Cl2N3O4S/c1-3-18-31-28(35)26(4-2)32(19-21-10-8-9-13-25(21)30)27(34)20-33(23-11-6-5-7-12-23)38(36,37)24-16-14-22(29)15-17-24/h5-17,26H,3-4,18-20H2,1-2H3,(H,31,35)/t26-/m1/s1. The summed E-state index contributed by atoms with van der Waals surface area (Å²) in [7, 11) is -4.15. The first-order valence-corrected chi connectivity index (χ1v) is 14.5. The van der Waals surface area contributed by atoms with Crippen molar-refractivity contribution < 1.29 is 18.0 Å². The van der Waals surface area contributed by atoms with Crippen molar-refractivity contribution in [2.45, 2.75) is 44.2 Å². The summed E-state index contributed by atoms with van der Waals surface area (Å²) in [5.74, 6) is -0.841. The van der Waals surface area contributed by atoms with Gasteiger partial charge in [-0.25, -0.2) is 8.42 Å². The molecule has 0 aliphatic heterocycles. The number of anilines is 1. The summed E-state index contributed by atoms with van der Waals surface area (Å²) in [6.45, 7) is 3.73. The van der Waals surface area contributed by atoms with Gasteiger partial charge in [0.1, 0.15) is 12.6 Å². The van der Waals surface area contributed by atoms with E-state index in [0.717, 1.165) is 10.7 Å². The Hall–Kier alpha value is -3.07. The van der Waals surface area contributed by atoms with E-state index < -0.39 is 28.5 Å². The minimum absolute atomic E-state index is 0.0102. The van der Waals surface area contributed by atoms with Gasteiger partial charge in [0.15, 0.2) is 0 Å². The van der Waals surface area contributed by atoms with Gasteiger partial charge in [0, 0.05) is 23.1 Å². The zero-order valence-corrected chi connectivity index (χ0v) is 23.6. The molecule has 3 rings (SSSR count). The van der Waals surface area contributed by atoms with E-state index in [-0.39, 0.29) is 17.3 Å². The maximum atomic E-state index is 13.9. The van der Waals surface area contributed by atoms with Crippen molar-refractivity contribution in [1.29, 1.82) is 0 Å². The number of sulfonamides is 1. The van der Waals surface area contributed by atoms with Crippen LogP contribution in [0.2, 0.25) is 10.0 Å². The van der Waals surface area contributed by atoms with Crippen molar-refractivity contribution in [2.75, 3.05) is 17.4 Å². The lowest BCUT2D eigenvalue weighted by Crippen LogP contribution is -2.52. The summed E-state index contributed by atoms with van der Waals surface area (Å²) in [6.07, 6.45) is 1.07. The van der Waals surface area contributed by atoms with E-state index in [1.54, 1.807) is 54.6 Å². The normalized spacial score (nSPS) is 12.0. The van der Waals surface area contributed by atoms with Gasteiger partial charge in [0.05, 0.1) is 10.6 Å². The molecule has 2 amide bonds. The number of para-hydroxylation sites is 1. The van der Waals surface area contributed by atoms with E-state index in [2.05, 4.69) is 5.32 Å². The number of nitrogens with one attached hydrogen (secondary N) is 1. The highest BCUT2D eigenvalue weighted by atomic mass is 35.5. The van der Waals surface area contributed by atoms with E-state index in [9.17, 15) is 18.0 Å². The van der Waals surface area contributed by atoms with Gasteiger partial charge in [-0.15, -0.1) is 0 Å². The van der Waals surface area contributed by atoms with Crippen LogP contribution in [-0.4, -0.2) is 44.3 Å². The molecule has 0 aliphatic rings. The Labute approximate surface area is 234 Å². The second-order valence-electron chi connectivity index (χ2n) is 8.63. The van der Waals surface area contributed by atoms with Gasteiger partial charge < -0.3 is 10.2 Å². The molecule has 10 heteroatoms. The molecule has 0 aromatic heterocycles. The zero-order chi connectivity index (χ0) is 27.7. The summed E-state index contributed by atoms with van der Waals surface area (Å²) in [5.41, 5.74) is 0.966. The molecule has 1 atom stereocenters. The highest BCUT2D eigenvalue weighted by molar-refractivity contribution is 7.92.